The monoisotopic (exact) mass is 334 g/mol. The Morgan fingerprint density at radius 2 is 1.92 bits per heavy atom. The van der Waals surface area contributed by atoms with E-state index in [0.29, 0.717) is 11.8 Å². The molecule has 6 aliphatic rings. The van der Waals surface area contributed by atoms with Crippen LogP contribution in [0.1, 0.15) is 65.7 Å². The number of aliphatic hydroxyl groups is 1. The number of rotatable bonds is 1. The van der Waals surface area contributed by atoms with Crippen molar-refractivity contribution in [1.29, 1.82) is 0 Å². The van der Waals surface area contributed by atoms with Gasteiger partial charge in [0.2, 0.25) is 0 Å². The molecule has 1 spiro atoms. The van der Waals surface area contributed by atoms with E-state index in [1.54, 1.807) is 0 Å². The van der Waals surface area contributed by atoms with Crippen LogP contribution in [0.4, 0.5) is 0 Å². The highest BCUT2D eigenvalue weighted by molar-refractivity contribution is 5.75. The minimum Gasteiger partial charge on any atom is -0.481 e. The fraction of sp³-hybridized carbons (Fsp3) is 0.950. The van der Waals surface area contributed by atoms with E-state index in [0.717, 1.165) is 44.9 Å². The van der Waals surface area contributed by atoms with E-state index >= 15 is 0 Å². The highest BCUT2D eigenvalue weighted by Crippen LogP contribution is 2.76. The molecule has 9 unspecified atom stereocenters. The van der Waals surface area contributed by atoms with Crippen LogP contribution in [0.15, 0.2) is 0 Å². The first kappa shape index (κ1) is 15.6. The van der Waals surface area contributed by atoms with Crippen molar-refractivity contribution in [3.63, 3.8) is 0 Å². The van der Waals surface area contributed by atoms with Gasteiger partial charge >= 0.3 is 5.97 Å². The van der Waals surface area contributed by atoms with E-state index in [9.17, 15) is 15.0 Å². The molecule has 0 aromatic carbocycles. The van der Waals surface area contributed by atoms with E-state index in [1.165, 1.54) is 0 Å². The van der Waals surface area contributed by atoms with Gasteiger partial charge in [-0.3, -0.25) is 4.79 Å². The van der Waals surface area contributed by atoms with Crippen LogP contribution < -0.4 is 0 Å². The molecule has 2 N–H and O–H groups in total. The summed E-state index contributed by atoms with van der Waals surface area (Å²) in [5.41, 5.74) is -1.02. The highest BCUT2D eigenvalue weighted by Gasteiger charge is 2.78. The van der Waals surface area contributed by atoms with Gasteiger partial charge in [-0.25, -0.2) is 0 Å². The lowest BCUT2D eigenvalue weighted by molar-refractivity contribution is -0.271. The summed E-state index contributed by atoms with van der Waals surface area (Å²) in [5, 5.41) is 21.2. The fourth-order valence-electron chi connectivity index (χ4n) is 8.65. The second-order valence-corrected chi connectivity index (χ2v) is 10.3. The molecule has 2 aliphatic heterocycles. The number of hydrogen-bond donors (Lipinski definition) is 2. The van der Waals surface area contributed by atoms with Crippen LogP contribution in [0.5, 0.6) is 0 Å². The minimum atomic E-state index is -0.630. The number of carbonyl (C=O) groups is 1. The van der Waals surface area contributed by atoms with Gasteiger partial charge in [0.05, 0.1) is 23.2 Å². The number of ether oxygens (including phenoxy) is 1. The van der Waals surface area contributed by atoms with Crippen LogP contribution >= 0.6 is 0 Å². The Morgan fingerprint density at radius 1 is 1.17 bits per heavy atom. The van der Waals surface area contributed by atoms with Crippen molar-refractivity contribution >= 4 is 5.97 Å². The van der Waals surface area contributed by atoms with Gasteiger partial charge in [-0.2, -0.15) is 0 Å². The summed E-state index contributed by atoms with van der Waals surface area (Å²) in [6.07, 6.45) is 6.76. The number of carboxylic acids is 1. The minimum absolute atomic E-state index is 0.0219. The maximum absolute atomic E-state index is 12.1. The molecule has 9 atom stereocenters. The summed E-state index contributed by atoms with van der Waals surface area (Å²) >= 11 is 0. The van der Waals surface area contributed by atoms with Crippen molar-refractivity contribution in [3.05, 3.63) is 0 Å². The maximum atomic E-state index is 12.1. The van der Waals surface area contributed by atoms with Crippen LogP contribution in [-0.4, -0.2) is 34.0 Å². The molecular formula is C20H30O4. The van der Waals surface area contributed by atoms with Gasteiger partial charge < -0.3 is 14.9 Å². The molecule has 4 aliphatic carbocycles. The molecule has 2 heterocycles. The van der Waals surface area contributed by atoms with Crippen molar-refractivity contribution in [2.75, 3.05) is 0 Å². The summed E-state index contributed by atoms with van der Waals surface area (Å²) in [5.74, 6) is 0.383. The maximum Gasteiger partial charge on any atom is 0.309 e. The molecule has 6 rings (SSSR count). The average molecular weight is 334 g/mol. The lowest BCUT2D eigenvalue weighted by Gasteiger charge is -2.66. The second kappa shape index (κ2) is 4.20. The summed E-state index contributed by atoms with van der Waals surface area (Å²) in [6.45, 7) is 6.41. The Balaban J connectivity index is 1.63. The van der Waals surface area contributed by atoms with Crippen LogP contribution in [0, 0.1) is 34.0 Å². The first-order valence-corrected chi connectivity index (χ1v) is 9.78. The van der Waals surface area contributed by atoms with E-state index in [-0.39, 0.29) is 34.6 Å². The lowest BCUT2D eigenvalue weighted by atomic mass is 9.40. The quantitative estimate of drug-likeness (QED) is 0.773. The molecule has 4 bridgehead atoms. The summed E-state index contributed by atoms with van der Waals surface area (Å²) in [7, 11) is 0. The summed E-state index contributed by atoms with van der Waals surface area (Å²) in [4.78, 5) is 12.1. The van der Waals surface area contributed by atoms with Crippen LogP contribution in [0.2, 0.25) is 0 Å². The zero-order chi connectivity index (χ0) is 17.1. The third-order valence-corrected chi connectivity index (χ3v) is 9.51. The first-order chi connectivity index (χ1) is 11.2. The van der Waals surface area contributed by atoms with Crippen molar-refractivity contribution in [1.82, 2.24) is 0 Å². The topological polar surface area (TPSA) is 66.8 Å². The predicted molar refractivity (Wildman–Crippen MR) is 88.4 cm³/mol. The molecule has 0 aromatic heterocycles. The van der Waals surface area contributed by atoms with Gasteiger partial charge in [0.25, 0.3) is 0 Å². The zero-order valence-corrected chi connectivity index (χ0v) is 15.0. The van der Waals surface area contributed by atoms with Crippen molar-refractivity contribution in [3.8, 4) is 0 Å². The van der Waals surface area contributed by atoms with E-state index in [4.69, 9.17) is 4.74 Å². The van der Waals surface area contributed by atoms with Gasteiger partial charge in [-0.05, 0) is 75.5 Å². The smallest absolute Gasteiger partial charge is 0.309 e. The van der Waals surface area contributed by atoms with Gasteiger partial charge in [0.15, 0.2) is 0 Å². The van der Waals surface area contributed by atoms with E-state index < -0.39 is 11.4 Å². The fourth-order valence-corrected chi connectivity index (χ4v) is 8.65. The Morgan fingerprint density at radius 3 is 2.58 bits per heavy atom. The zero-order valence-electron chi connectivity index (χ0n) is 15.0. The van der Waals surface area contributed by atoms with Gasteiger partial charge in [0, 0.05) is 5.41 Å². The predicted octanol–water partition coefficient (Wildman–Crippen LogP) is 3.22. The average Bonchev–Trinajstić information content (AvgIpc) is 2.84. The van der Waals surface area contributed by atoms with Crippen LogP contribution in [-0.2, 0) is 9.53 Å². The van der Waals surface area contributed by atoms with Crippen LogP contribution in [0.3, 0.4) is 0 Å². The van der Waals surface area contributed by atoms with Crippen molar-refractivity contribution < 1.29 is 19.7 Å². The number of fused-ring (bicyclic) bond motifs is 1. The normalized spacial score (nSPS) is 63.9. The van der Waals surface area contributed by atoms with Crippen LogP contribution in [0.25, 0.3) is 0 Å². The Labute approximate surface area is 144 Å². The molecule has 6 fully saturated rings. The van der Waals surface area contributed by atoms with E-state index in [1.807, 2.05) is 6.92 Å². The molecule has 0 amide bonds. The standard InChI is InChI=1S/C20H30O4/c1-17-6-4-7-18(2,16(22)23)13(17)5-8-20-10-11-9-12(14(17)20)24-19(11,3)15(20)21/h11-15,21H,4-10H2,1-3H3,(H,22,23). The van der Waals surface area contributed by atoms with Gasteiger partial charge in [0.1, 0.15) is 0 Å². The molecule has 4 heteroatoms. The highest BCUT2D eigenvalue weighted by atomic mass is 16.5. The molecule has 0 radical (unpaired) electrons. The lowest BCUT2D eigenvalue weighted by Crippen LogP contribution is -2.66. The molecule has 4 saturated carbocycles. The number of hydrogen-bond acceptors (Lipinski definition) is 3. The molecule has 0 aromatic rings. The third kappa shape index (κ3) is 1.41. The van der Waals surface area contributed by atoms with E-state index in [2.05, 4.69) is 13.8 Å². The molecule has 24 heavy (non-hydrogen) atoms. The summed E-state index contributed by atoms with van der Waals surface area (Å²) in [6, 6.07) is 0. The number of aliphatic carboxylic acids is 1. The second-order valence-electron chi connectivity index (χ2n) is 10.3. The molecule has 4 nitrogen and oxygen atoms in total. The number of carboxylic acid groups (broad SMARTS) is 1. The number of aliphatic hydroxyl groups excluding tert-OH is 1. The molecule has 2 saturated heterocycles. The Hall–Kier alpha value is -0.610. The third-order valence-electron chi connectivity index (χ3n) is 9.51. The first-order valence-electron chi connectivity index (χ1n) is 9.78. The largest absolute Gasteiger partial charge is 0.481 e. The Kier molecular flexibility index (Phi) is 2.73. The SMILES string of the molecule is CC1(C(=O)O)CCCC2(C)C1CCC13CC4CC(OC4(C)C1O)C23. The molecular weight excluding hydrogens is 304 g/mol. The Bertz CT molecular complexity index is 619. The van der Waals surface area contributed by atoms with Gasteiger partial charge in [-0.1, -0.05) is 13.3 Å². The molecule has 134 valence electrons. The van der Waals surface area contributed by atoms with Crippen molar-refractivity contribution in [2.24, 2.45) is 34.0 Å². The van der Waals surface area contributed by atoms with Gasteiger partial charge in [-0.15, -0.1) is 0 Å². The van der Waals surface area contributed by atoms with Crippen molar-refractivity contribution in [2.45, 2.75) is 83.5 Å². The summed E-state index contributed by atoms with van der Waals surface area (Å²) < 4.78 is 6.46.